The minimum Gasteiger partial charge on any atom is -0.254 e. The zero-order chi connectivity index (χ0) is 11.5. The van der Waals surface area contributed by atoms with Gasteiger partial charge in [0, 0.05) is 11.1 Å². The molecule has 0 saturated carbocycles. The lowest BCUT2D eigenvalue weighted by Crippen LogP contribution is -1.98. The van der Waals surface area contributed by atoms with Crippen molar-refractivity contribution in [1.82, 2.24) is 4.98 Å². The third-order valence-corrected chi connectivity index (χ3v) is 3.75. The van der Waals surface area contributed by atoms with Gasteiger partial charge in [0.25, 0.3) is 0 Å². The van der Waals surface area contributed by atoms with Gasteiger partial charge in [0.15, 0.2) is 0 Å². The highest BCUT2D eigenvalue weighted by atomic mass is 32.1. The molecule has 0 spiro atoms. The summed E-state index contributed by atoms with van der Waals surface area (Å²) in [5.41, 5.74) is 2.08. The maximum absolute atomic E-state index is 4.53. The van der Waals surface area contributed by atoms with E-state index in [1.807, 2.05) is 13.1 Å². The lowest BCUT2D eigenvalue weighted by molar-refractivity contribution is 0.742. The van der Waals surface area contributed by atoms with Crippen molar-refractivity contribution in [3.05, 3.63) is 40.0 Å². The van der Waals surface area contributed by atoms with Gasteiger partial charge in [-0.25, -0.2) is 4.98 Å². The second-order valence-electron chi connectivity index (χ2n) is 4.13. The number of hydrogen-bond acceptors (Lipinski definition) is 3. The predicted octanol–water partition coefficient (Wildman–Crippen LogP) is 3.66. The molecule has 0 radical (unpaired) electrons. The summed E-state index contributed by atoms with van der Waals surface area (Å²) in [4.78, 5) is 10.3. The Hall–Kier alpha value is -1.22. The zero-order valence-electron chi connectivity index (χ0n) is 9.90. The second-order valence-corrected chi connectivity index (χ2v) is 5.34. The lowest BCUT2D eigenvalue weighted by Gasteiger charge is -2.03. The standard InChI is InChI=1S/C13H16N2S/c1-9-5-4-6-12(14-8-7-9)13-15-10(2)11(3)16-13/h4,6-9H,5H2,1-3H3/b6-4+,8-7-,14-12+. The molecule has 0 saturated heterocycles. The highest BCUT2D eigenvalue weighted by Crippen LogP contribution is 2.19. The molecule has 0 amide bonds. The van der Waals surface area contributed by atoms with Crippen LogP contribution < -0.4 is 0 Å². The Kier molecular flexibility index (Phi) is 3.34. The molecule has 2 nitrogen and oxygen atoms in total. The average Bonchev–Trinajstić information content (AvgIpc) is 2.53. The summed E-state index contributed by atoms with van der Waals surface area (Å²) in [6, 6.07) is 0. The smallest absolute Gasteiger partial charge is 0.142 e. The fraction of sp³-hybridized carbons (Fsp3) is 0.385. The van der Waals surface area contributed by atoms with E-state index in [9.17, 15) is 0 Å². The highest BCUT2D eigenvalue weighted by Gasteiger charge is 2.08. The fourth-order valence-electron chi connectivity index (χ4n) is 1.49. The number of aryl methyl sites for hydroxylation is 2. The molecule has 1 aromatic rings. The largest absolute Gasteiger partial charge is 0.254 e. The van der Waals surface area contributed by atoms with Crippen molar-refractivity contribution in [2.24, 2.45) is 10.9 Å². The van der Waals surface area contributed by atoms with Crippen LogP contribution in [-0.4, -0.2) is 10.7 Å². The third-order valence-electron chi connectivity index (χ3n) is 2.66. The van der Waals surface area contributed by atoms with Gasteiger partial charge in [-0.1, -0.05) is 19.1 Å². The lowest BCUT2D eigenvalue weighted by atomic mass is 10.1. The van der Waals surface area contributed by atoms with E-state index in [2.05, 4.69) is 42.1 Å². The number of hydrogen-bond donors (Lipinski definition) is 0. The molecule has 16 heavy (non-hydrogen) atoms. The van der Waals surface area contributed by atoms with Gasteiger partial charge in [-0.2, -0.15) is 0 Å². The molecule has 0 fully saturated rings. The SMILES string of the molecule is Cc1nc(C2=N/C=C\C(C)C\C=C\2)sc1C. The molecule has 0 bridgehead atoms. The molecule has 2 heterocycles. The minimum absolute atomic E-state index is 0.571. The van der Waals surface area contributed by atoms with Crippen molar-refractivity contribution < 1.29 is 0 Å². The summed E-state index contributed by atoms with van der Waals surface area (Å²) >= 11 is 1.71. The van der Waals surface area contributed by atoms with E-state index >= 15 is 0 Å². The first kappa shape index (κ1) is 11.3. The van der Waals surface area contributed by atoms with Crippen LogP contribution in [0, 0.1) is 19.8 Å². The maximum atomic E-state index is 4.53. The van der Waals surface area contributed by atoms with Gasteiger partial charge in [0.1, 0.15) is 5.01 Å². The van der Waals surface area contributed by atoms with Gasteiger partial charge in [0.2, 0.25) is 0 Å². The van der Waals surface area contributed by atoms with Crippen LogP contribution in [0.1, 0.15) is 28.9 Å². The molecule has 0 aromatic carbocycles. The van der Waals surface area contributed by atoms with Crippen molar-refractivity contribution in [2.45, 2.75) is 27.2 Å². The molecule has 1 atom stereocenters. The normalized spacial score (nSPS) is 27.7. The van der Waals surface area contributed by atoms with E-state index in [0.717, 1.165) is 22.8 Å². The maximum Gasteiger partial charge on any atom is 0.142 e. The van der Waals surface area contributed by atoms with Crippen LogP contribution in [0.3, 0.4) is 0 Å². The summed E-state index contributed by atoms with van der Waals surface area (Å²) in [6.07, 6.45) is 9.36. The summed E-state index contributed by atoms with van der Waals surface area (Å²) in [5.74, 6) is 0.571. The summed E-state index contributed by atoms with van der Waals surface area (Å²) < 4.78 is 0. The predicted molar refractivity (Wildman–Crippen MR) is 70.2 cm³/mol. The van der Waals surface area contributed by atoms with Gasteiger partial charge in [0.05, 0.1) is 11.4 Å². The number of thiazole rings is 1. The Morgan fingerprint density at radius 2 is 2.19 bits per heavy atom. The number of nitrogens with zero attached hydrogens (tertiary/aromatic N) is 2. The molecule has 0 aliphatic carbocycles. The molecule has 1 aliphatic heterocycles. The number of allylic oxidation sites excluding steroid dienone is 3. The second kappa shape index (κ2) is 4.74. The first-order valence-electron chi connectivity index (χ1n) is 5.52. The summed E-state index contributed by atoms with van der Waals surface area (Å²) in [5, 5.41) is 1.02. The van der Waals surface area contributed by atoms with Gasteiger partial charge < -0.3 is 0 Å². The summed E-state index contributed by atoms with van der Waals surface area (Å²) in [7, 11) is 0. The monoisotopic (exact) mass is 232 g/mol. The molecule has 3 heteroatoms. The third kappa shape index (κ3) is 2.47. The highest BCUT2D eigenvalue weighted by molar-refractivity contribution is 7.13. The van der Waals surface area contributed by atoms with E-state index in [1.165, 1.54) is 4.88 Å². The Morgan fingerprint density at radius 1 is 1.38 bits per heavy atom. The average molecular weight is 232 g/mol. The van der Waals surface area contributed by atoms with Crippen molar-refractivity contribution >= 4 is 17.0 Å². The van der Waals surface area contributed by atoms with Crippen LogP contribution >= 0.6 is 11.3 Å². The van der Waals surface area contributed by atoms with E-state index in [0.29, 0.717) is 5.92 Å². The minimum atomic E-state index is 0.571. The summed E-state index contributed by atoms with van der Waals surface area (Å²) in [6.45, 7) is 6.33. The van der Waals surface area contributed by atoms with E-state index in [1.54, 1.807) is 11.3 Å². The van der Waals surface area contributed by atoms with Crippen LogP contribution in [0.25, 0.3) is 0 Å². The van der Waals surface area contributed by atoms with Crippen LogP contribution in [0.2, 0.25) is 0 Å². The molecule has 1 aliphatic rings. The Morgan fingerprint density at radius 3 is 2.88 bits per heavy atom. The number of aromatic nitrogens is 1. The van der Waals surface area contributed by atoms with Crippen LogP contribution in [-0.2, 0) is 0 Å². The van der Waals surface area contributed by atoms with Crippen molar-refractivity contribution in [3.8, 4) is 0 Å². The van der Waals surface area contributed by atoms with E-state index in [4.69, 9.17) is 0 Å². The first-order chi connectivity index (χ1) is 7.66. The Labute approximate surface area is 100 Å². The van der Waals surface area contributed by atoms with Crippen LogP contribution in [0.15, 0.2) is 29.4 Å². The fourth-order valence-corrected chi connectivity index (χ4v) is 2.39. The molecule has 1 aromatic heterocycles. The van der Waals surface area contributed by atoms with Crippen molar-refractivity contribution in [1.29, 1.82) is 0 Å². The molecular weight excluding hydrogens is 216 g/mol. The topological polar surface area (TPSA) is 25.2 Å². The number of rotatable bonds is 1. The zero-order valence-corrected chi connectivity index (χ0v) is 10.7. The van der Waals surface area contributed by atoms with Gasteiger partial charge >= 0.3 is 0 Å². The van der Waals surface area contributed by atoms with E-state index < -0.39 is 0 Å². The molecular formula is C13H16N2S. The molecule has 1 unspecified atom stereocenters. The van der Waals surface area contributed by atoms with Crippen molar-refractivity contribution in [2.75, 3.05) is 0 Å². The Balaban J connectivity index is 2.33. The molecule has 0 N–H and O–H groups in total. The van der Waals surface area contributed by atoms with Gasteiger partial charge in [-0.3, -0.25) is 4.99 Å². The first-order valence-corrected chi connectivity index (χ1v) is 6.34. The number of aliphatic imine (C=N–C) groups is 1. The van der Waals surface area contributed by atoms with E-state index in [-0.39, 0.29) is 0 Å². The molecule has 84 valence electrons. The molecule has 2 rings (SSSR count). The van der Waals surface area contributed by atoms with Gasteiger partial charge in [-0.15, -0.1) is 11.3 Å². The van der Waals surface area contributed by atoms with Gasteiger partial charge in [-0.05, 0) is 32.3 Å². The quantitative estimate of drug-likeness (QED) is 0.725. The Bertz CT molecular complexity index is 447. The van der Waals surface area contributed by atoms with Crippen LogP contribution in [0.4, 0.5) is 0 Å². The van der Waals surface area contributed by atoms with Crippen LogP contribution in [0.5, 0.6) is 0 Å². The van der Waals surface area contributed by atoms with Crippen molar-refractivity contribution in [3.63, 3.8) is 0 Å².